The molecule has 1 aromatic heterocycles. The Morgan fingerprint density at radius 3 is 2.46 bits per heavy atom. The van der Waals surface area contributed by atoms with Gasteiger partial charge in [-0.15, -0.1) is 0 Å². The molecule has 7 heteroatoms. The molecule has 1 heterocycles. The first-order chi connectivity index (χ1) is 18.0. The summed E-state index contributed by atoms with van der Waals surface area (Å²) in [6.07, 6.45) is 7.56. The number of benzene rings is 3. The molecule has 4 aromatic rings. The molecule has 0 saturated heterocycles. The van der Waals surface area contributed by atoms with Gasteiger partial charge in [0.15, 0.2) is 0 Å². The number of carbonyl (C=O) groups is 1. The third kappa shape index (κ3) is 5.71. The standard InChI is InChI=1S/C30H30FN3O3/c31-23-13-11-22(12-14-23)26(18-30(35)32-24-9-5-2-6-10-24)28-20-33(19-21-7-3-1-4-8-21)29-16-15-25(34(36)37)17-27(28)29/h1,3-4,7-8,11-17,20,24,26H,2,5-6,9-10,18-19H2,(H,32,35). The second-order valence-corrected chi connectivity index (χ2v) is 9.87. The highest BCUT2D eigenvalue weighted by molar-refractivity contribution is 5.88. The van der Waals surface area contributed by atoms with Gasteiger partial charge in [-0.05, 0) is 47.7 Å². The summed E-state index contributed by atoms with van der Waals surface area (Å²) >= 11 is 0. The Kier molecular flexibility index (Phi) is 7.30. The van der Waals surface area contributed by atoms with Gasteiger partial charge in [0.05, 0.1) is 4.92 Å². The molecular formula is C30H30FN3O3. The predicted octanol–water partition coefficient (Wildman–Crippen LogP) is 6.71. The van der Waals surface area contributed by atoms with E-state index in [1.165, 1.54) is 24.6 Å². The number of nitrogens with one attached hydrogen (secondary N) is 1. The number of hydrogen-bond donors (Lipinski definition) is 1. The van der Waals surface area contributed by atoms with Gasteiger partial charge in [-0.25, -0.2) is 4.39 Å². The molecule has 1 aliphatic rings. The Morgan fingerprint density at radius 2 is 1.76 bits per heavy atom. The van der Waals surface area contributed by atoms with E-state index in [1.807, 2.05) is 36.5 Å². The van der Waals surface area contributed by atoms with Crippen LogP contribution in [-0.4, -0.2) is 21.4 Å². The van der Waals surface area contributed by atoms with Crippen LogP contribution >= 0.6 is 0 Å². The predicted molar refractivity (Wildman–Crippen MR) is 142 cm³/mol. The molecule has 0 bridgehead atoms. The molecule has 3 aromatic carbocycles. The Balaban J connectivity index is 1.57. The summed E-state index contributed by atoms with van der Waals surface area (Å²) in [6, 6.07) is 21.2. The van der Waals surface area contributed by atoms with Crippen molar-refractivity contribution in [2.45, 2.75) is 57.0 Å². The minimum absolute atomic E-state index is 0.00396. The van der Waals surface area contributed by atoms with Gasteiger partial charge in [0.1, 0.15) is 5.82 Å². The van der Waals surface area contributed by atoms with E-state index in [9.17, 15) is 19.3 Å². The molecule has 1 amide bonds. The molecule has 1 aliphatic carbocycles. The van der Waals surface area contributed by atoms with Crippen molar-refractivity contribution in [3.63, 3.8) is 0 Å². The van der Waals surface area contributed by atoms with E-state index in [1.54, 1.807) is 24.3 Å². The summed E-state index contributed by atoms with van der Waals surface area (Å²) in [7, 11) is 0. The van der Waals surface area contributed by atoms with Crippen LogP contribution in [0.5, 0.6) is 0 Å². The summed E-state index contributed by atoms with van der Waals surface area (Å²) < 4.78 is 15.9. The van der Waals surface area contributed by atoms with Gasteiger partial charge in [-0.3, -0.25) is 14.9 Å². The molecule has 0 aliphatic heterocycles. The number of carbonyl (C=O) groups excluding carboxylic acids is 1. The second kappa shape index (κ2) is 10.9. The number of fused-ring (bicyclic) bond motifs is 1. The van der Waals surface area contributed by atoms with Crippen molar-refractivity contribution in [1.82, 2.24) is 9.88 Å². The fourth-order valence-corrected chi connectivity index (χ4v) is 5.44. The number of hydrogen-bond acceptors (Lipinski definition) is 3. The molecule has 1 atom stereocenters. The van der Waals surface area contributed by atoms with Gasteiger partial charge in [-0.1, -0.05) is 61.7 Å². The zero-order valence-corrected chi connectivity index (χ0v) is 20.6. The third-order valence-corrected chi connectivity index (χ3v) is 7.31. The van der Waals surface area contributed by atoms with Crippen molar-refractivity contribution in [2.75, 3.05) is 0 Å². The smallest absolute Gasteiger partial charge is 0.270 e. The van der Waals surface area contributed by atoms with Gasteiger partial charge in [0.2, 0.25) is 5.91 Å². The Labute approximate surface area is 215 Å². The van der Waals surface area contributed by atoms with Gasteiger partial charge >= 0.3 is 0 Å². The lowest BCUT2D eigenvalue weighted by Crippen LogP contribution is -2.36. The quantitative estimate of drug-likeness (QED) is 0.216. The highest BCUT2D eigenvalue weighted by atomic mass is 19.1. The Hall–Kier alpha value is -4.00. The van der Waals surface area contributed by atoms with Crippen LogP contribution in [0.2, 0.25) is 0 Å². The molecular weight excluding hydrogens is 469 g/mol. The monoisotopic (exact) mass is 499 g/mol. The number of nitrogens with zero attached hydrogens (tertiary/aromatic N) is 2. The number of nitro groups is 1. The first-order valence-corrected chi connectivity index (χ1v) is 12.8. The summed E-state index contributed by atoms with van der Waals surface area (Å²) in [6.45, 7) is 0.583. The lowest BCUT2D eigenvalue weighted by atomic mass is 9.87. The van der Waals surface area contributed by atoms with Crippen LogP contribution < -0.4 is 5.32 Å². The maximum atomic E-state index is 13.8. The number of non-ortho nitro benzene ring substituents is 1. The minimum Gasteiger partial charge on any atom is -0.353 e. The van der Waals surface area contributed by atoms with E-state index in [-0.39, 0.29) is 35.8 Å². The van der Waals surface area contributed by atoms with Gasteiger partial charge in [0.25, 0.3) is 5.69 Å². The van der Waals surface area contributed by atoms with Crippen molar-refractivity contribution < 1.29 is 14.1 Å². The van der Waals surface area contributed by atoms with E-state index in [0.29, 0.717) is 6.54 Å². The SMILES string of the molecule is O=C(CC(c1ccc(F)cc1)c1cn(Cc2ccccc2)c2ccc([N+](=O)[O-])cc12)NC1CCCCC1. The zero-order chi connectivity index (χ0) is 25.8. The summed E-state index contributed by atoms with van der Waals surface area (Å²) in [4.78, 5) is 24.5. The number of amides is 1. The molecule has 1 saturated carbocycles. The zero-order valence-electron chi connectivity index (χ0n) is 20.6. The lowest BCUT2D eigenvalue weighted by Gasteiger charge is -2.24. The summed E-state index contributed by atoms with van der Waals surface area (Å²) in [5.74, 6) is -0.794. The summed E-state index contributed by atoms with van der Waals surface area (Å²) in [5, 5.41) is 15.5. The lowest BCUT2D eigenvalue weighted by molar-refractivity contribution is -0.384. The van der Waals surface area contributed by atoms with Crippen LogP contribution in [-0.2, 0) is 11.3 Å². The molecule has 1 unspecified atom stereocenters. The molecule has 5 rings (SSSR count). The molecule has 0 radical (unpaired) electrons. The van der Waals surface area contributed by atoms with E-state index >= 15 is 0 Å². The molecule has 37 heavy (non-hydrogen) atoms. The highest BCUT2D eigenvalue weighted by Gasteiger charge is 2.26. The topological polar surface area (TPSA) is 77.2 Å². The van der Waals surface area contributed by atoms with Crippen molar-refractivity contribution >= 4 is 22.5 Å². The fraction of sp³-hybridized carbons (Fsp3) is 0.300. The minimum atomic E-state index is -0.402. The van der Waals surface area contributed by atoms with Gasteiger partial charge < -0.3 is 9.88 Å². The first kappa shape index (κ1) is 24.7. The van der Waals surface area contributed by atoms with Crippen LogP contribution in [0.25, 0.3) is 10.9 Å². The maximum absolute atomic E-state index is 13.8. The van der Waals surface area contributed by atoms with Crippen LogP contribution in [0.4, 0.5) is 10.1 Å². The molecule has 190 valence electrons. The molecule has 1 N–H and O–H groups in total. The molecule has 6 nitrogen and oxygen atoms in total. The van der Waals surface area contributed by atoms with Crippen LogP contribution in [0.1, 0.15) is 61.1 Å². The first-order valence-electron chi connectivity index (χ1n) is 12.8. The van der Waals surface area contributed by atoms with Crippen molar-refractivity contribution in [3.8, 4) is 0 Å². The van der Waals surface area contributed by atoms with Crippen LogP contribution in [0.3, 0.4) is 0 Å². The maximum Gasteiger partial charge on any atom is 0.270 e. The number of aromatic nitrogens is 1. The Bertz CT molecular complexity index is 1390. The number of halogens is 1. The largest absolute Gasteiger partial charge is 0.353 e. The average molecular weight is 500 g/mol. The van der Waals surface area contributed by atoms with Crippen molar-refractivity contribution in [3.05, 3.63) is 112 Å². The van der Waals surface area contributed by atoms with E-state index in [2.05, 4.69) is 9.88 Å². The molecule has 0 spiro atoms. The average Bonchev–Trinajstić information content (AvgIpc) is 3.26. The van der Waals surface area contributed by atoms with Crippen LogP contribution in [0, 0.1) is 15.9 Å². The van der Waals surface area contributed by atoms with E-state index in [4.69, 9.17) is 0 Å². The van der Waals surface area contributed by atoms with Crippen LogP contribution in [0.15, 0.2) is 79.0 Å². The summed E-state index contributed by atoms with van der Waals surface area (Å²) in [5.41, 5.74) is 3.56. The van der Waals surface area contributed by atoms with E-state index in [0.717, 1.165) is 53.3 Å². The second-order valence-electron chi connectivity index (χ2n) is 9.87. The fourth-order valence-electron chi connectivity index (χ4n) is 5.44. The van der Waals surface area contributed by atoms with Gasteiger partial charge in [0, 0.05) is 54.2 Å². The third-order valence-electron chi connectivity index (χ3n) is 7.31. The van der Waals surface area contributed by atoms with Crippen molar-refractivity contribution in [1.29, 1.82) is 0 Å². The van der Waals surface area contributed by atoms with E-state index < -0.39 is 4.92 Å². The number of rotatable bonds is 8. The number of nitro benzene ring substituents is 1. The molecule has 1 fully saturated rings. The highest BCUT2D eigenvalue weighted by Crippen LogP contribution is 2.37. The van der Waals surface area contributed by atoms with Gasteiger partial charge in [-0.2, -0.15) is 0 Å². The Morgan fingerprint density at radius 1 is 1.03 bits per heavy atom. The normalized spacial score (nSPS) is 14.9. The van der Waals surface area contributed by atoms with Crippen molar-refractivity contribution in [2.24, 2.45) is 0 Å².